The van der Waals surface area contributed by atoms with E-state index >= 15 is 0 Å². The molecular weight excluding hydrogens is 293 g/mol. The molecule has 0 aliphatic carbocycles. The van der Waals surface area contributed by atoms with E-state index in [0.29, 0.717) is 5.69 Å². The highest BCUT2D eigenvalue weighted by Gasteiger charge is 2.16. The predicted octanol–water partition coefficient (Wildman–Crippen LogP) is 4.38. The topological polar surface area (TPSA) is 38.3 Å². The van der Waals surface area contributed by atoms with Crippen LogP contribution < -0.4 is 10.1 Å². The monoisotopic (exact) mass is 309 g/mol. The molecule has 0 spiro atoms. The average Bonchev–Trinajstić information content (AvgIpc) is 2.56. The third-order valence-electron chi connectivity index (χ3n) is 3.53. The SMILES string of the molecule is C[C@@H](Oc1ccccc1F)C(=O)Nc1ccc2ccccc2c1. The van der Waals surface area contributed by atoms with Crippen molar-refractivity contribution in [1.82, 2.24) is 0 Å². The lowest BCUT2D eigenvalue weighted by molar-refractivity contribution is -0.122. The number of nitrogens with one attached hydrogen (secondary N) is 1. The van der Waals surface area contributed by atoms with Crippen molar-refractivity contribution in [3.8, 4) is 5.75 Å². The molecule has 0 fully saturated rings. The fourth-order valence-electron chi connectivity index (χ4n) is 2.30. The lowest BCUT2D eigenvalue weighted by Gasteiger charge is -2.15. The van der Waals surface area contributed by atoms with E-state index in [4.69, 9.17) is 4.74 Å². The van der Waals surface area contributed by atoms with Crippen molar-refractivity contribution in [3.05, 3.63) is 72.5 Å². The largest absolute Gasteiger partial charge is 0.478 e. The van der Waals surface area contributed by atoms with Crippen molar-refractivity contribution in [2.24, 2.45) is 0 Å². The number of hydrogen-bond acceptors (Lipinski definition) is 2. The van der Waals surface area contributed by atoms with Crippen molar-refractivity contribution in [2.45, 2.75) is 13.0 Å². The normalized spacial score (nSPS) is 11.9. The lowest BCUT2D eigenvalue weighted by Crippen LogP contribution is -2.30. The van der Waals surface area contributed by atoms with Crippen LogP contribution in [0.25, 0.3) is 10.8 Å². The molecule has 23 heavy (non-hydrogen) atoms. The zero-order valence-electron chi connectivity index (χ0n) is 12.6. The maximum Gasteiger partial charge on any atom is 0.265 e. The summed E-state index contributed by atoms with van der Waals surface area (Å²) in [7, 11) is 0. The quantitative estimate of drug-likeness (QED) is 0.776. The molecule has 1 atom stereocenters. The molecular formula is C19H16FNO2. The van der Waals surface area contributed by atoms with Gasteiger partial charge in [-0.15, -0.1) is 0 Å². The van der Waals surface area contributed by atoms with Crippen LogP contribution in [0.2, 0.25) is 0 Å². The number of carbonyl (C=O) groups excluding carboxylic acids is 1. The van der Waals surface area contributed by atoms with Gasteiger partial charge in [0, 0.05) is 5.69 Å². The molecule has 0 heterocycles. The molecule has 0 saturated carbocycles. The molecule has 3 aromatic carbocycles. The minimum Gasteiger partial charge on any atom is -0.478 e. The smallest absolute Gasteiger partial charge is 0.265 e. The molecule has 3 nitrogen and oxygen atoms in total. The summed E-state index contributed by atoms with van der Waals surface area (Å²) in [5.74, 6) is -0.755. The number of benzene rings is 3. The number of fused-ring (bicyclic) bond motifs is 1. The summed E-state index contributed by atoms with van der Waals surface area (Å²) in [6.45, 7) is 1.59. The summed E-state index contributed by atoms with van der Waals surface area (Å²) >= 11 is 0. The molecule has 1 amide bonds. The van der Waals surface area contributed by atoms with Gasteiger partial charge < -0.3 is 10.1 Å². The van der Waals surface area contributed by atoms with Crippen LogP contribution >= 0.6 is 0 Å². The van der Waals surface area contributed by atoms with Crippen LogP contribution in [-0.4, -0.2) is 12.0 Å². The minimum absolute atomic E-state index is 0.0636. The van der Waals surface area contributed by atoms with E-state index in [1.165, 1.54) is 12.1 Å². The molecule has 0 saturated heterocycles. The van der Waals surface area contributed by atoms with E-state index < -0.39 is 11.9 Å². The Morgan fingerprint density at radius 3 is 2.48 bits per heavy atom. The predicted molar refractivity (Wildman–Crippen MR) is 89.1 cm³/mol. The van der Waals surface area contributed by atoms with Crippen LogP contribution in [0.4, 0.5) is 10.1 Å². The number of rotatable bonds is 4. The summed E-state index contributed by atoms with van der Waals surface area (Å²) < 4.78 is 18.9. The van der Waals surface area contributed by atoms with Gasteiger partial charge in [0.1, 0.15) is 0 Å². The Kier molecular flexibility index (Phi) is 4.24. The number of carbonyl (C=O) groups is 1. The molecule has 0 bridgehead atoms. The number of ether oxygens (including phenoxy) is 1. The van der Waals surface area contributed by atoms with E-state index in [9.17, 15) is 9.18 Å². The van der Waals surface area contributed by atoms with Crippen molar-refractivity contribution in [3.63, 3.8) is 0 Å². The Bertz CT molecular complexity index is 847. The molecule has 0 aliphatic heterocycles. The van der Waals surface area contributed by atoms with Crippen molar-refractivity contribution in [2.75, 3.05) is 5.32 Å². The highest BCUT2D eigenvalue weighted by atomic mass is 19.1. The van der Waals surface area contributed by atoms with Crippen LogP contribution in [0.1, 0.15) is 6.92 Å². The molecule has 0 radical (unpaired) electrons. The van der Waals surface area contributed by atoms with Gasteiger partial charge in [-0.1, -0.05) is 42.5 Å². The van der Waals surface area contributed by atoms with Crippen LogP contribution in [0.3, 0.4) is 0 Å². The molecule has 1 N–H and O–H groups in total. The molecule has 116 valence electrons. The Morgan fingerprint density at radius 1 is 1.00 bits per heavy atom. The first-order valence-electron chi connectivity index (χ1n) is 7.34. The van der Waals surface area contributed by atoms with Gasteiger partial charge in [0.05, 0.1) is 0 Å². The third-order valence-corrected chi connectivity index (χ3v) is 3.53. The van der Waals surface area contributed by atoms with Crippen molar-refractivity contribution < 1.29 is 13.9 Å². The Balaban J connectivity index is 1.71. The second kappa shape index (κ2) is 6.48. The number of anilines is 1. The van der Waals surface area contributed by atoms with E-state index in [-0.39, 0.29) is 11.7 Å². The van der Waals surface area contributed by atoms with Gasteiger partial charge in [0.25, 0.3) is 5.91 Å². The van der Waals surface area contributed by atoms with Gasteiger partial charge in [-0.25, -0.2) is 4.39 Å². The number of para-hydroxylation sites is 1. The molecule has 4 heteroatoms. The fraction of sp³-hybridized carbons (Fsp3) is 0.105. The van der Waals surface area contributed by atoms with E-state index in [2.05, 4.69) is 5.32 Å². The molecule has 0 aliphatic rings. The standard InChI is InChI=1S/C19H16FNO2/c1-13(23-18-9-5-4-8-17(18)20)19(22)21-16-11-10-14-6-2-3-7-15(14)12-16/h2-13H,1H3,(H,21,22)/t13-/m1/s1. The van der Waals surface area contributed by atoms with Crippen LogP contribution in [0.15, 0.2) is 66.7 Å². The Hall–Kier alpha value is -2.88. The molecule has 0 aromatic heterocycles. The molecule has 0 unspecified atom stereocenters. The van der Waals surface area contributed by atoms with Gasteiger partial charge >= 0.3 is 0 Å². The second-order valence-electron chi connectivity index (χ2n) is 5.24. The maximum atomic E-state index is 13.6. The molecule has 3 aromatic rings. The van der Waals surface area contributed by atoms with Crippen LogP contribution in [0.5, 0.6) is 5.75 Å². The first kappa shape index (κ1) is 15.0. The highest BCUT2D eigenvalue weighted by Crippen LogP contribution is 2.20. The maximum absolute atomic E-state index is 13.6. The lowest BCUT2D eigenvalue weighted by atomic mass is 10.1. The van der Waals surface area contributed by atoms with Gasteiger partial charge in [-0.2, -0.15) is 0 Å². The number of halogens is 1. The highest BCUT2D eigenvalue weighted by molar-refractivity contribution is 5.96. The number of hydrogen-bond donors (Lipinski definition) is 1. The minimum atomic E-state index is -0.807. The summed E-state index contributed by atoms with van der Waals surface area (Å²) in [6, 6.07) is 19.6. The van der Waals surface area contributed by atoms with Crippen molar-refractivity contribution >= 4 is 22.4 Å². The van der Waals surface area contributed by atoms with Gasteiger partial charge in [0.2, 0.25) is 0 Å². The first-order chi connectivity index (χ1) is 11.1. The average molecular weight is 309 g/mol. The van der Waals surface area contributed by atoms with E-state index in [1.807, 2.05) is 42.5 Å². The van der Waals surface area contributed by atoms with Gasteiger partial charge in [0.15, 0.2) is 17.7 Å². The van der Waals surface area contributed by atoms with E-state index in [0.717, 1.165) is 10.8 Å². The summed E-state index contributed by atoms with van der Waals surface area (Å²) in [4.78, 5) is 12.2. The Labute approximate surface area is 133 Å². The summed E-state index contributed by atoms with van der Waals surface area (Å²) in [6.07, 6.45) is -0.807. The van der Waals surface area contributed by atoms with Gasteiger partial charge in [-0.3, -0.25) is 4.79 Å². The number of amides is 1. The van der Waals surface area contributed by atoms with Gasteiger partial charge in [-0.05, 0) is 42.0 Å². The van der Waals surface area contributed by atoms with Crippen LogP contribution in [-0.2, 0) is 4.79 Å². The zero-order valence-corrected chi connectivity index (χ0v) is 12.6. The summed E-state index contributed by atoms with van der Waals surface area (Å²) in [5, 5.41) is 4.92. The van der Waals surface area contributed by atoms with E-state index in [1.54, 1.807) is 19.1 Å². The van der Waals surface area contributed by atoms with Crippen LogP contribution in [0, 0.1) is 5.82 Å². The second-order valence-corrected chi connectivity index (χ2v) is 5.24. The molecule has 3 rings (SSSR count). The third kappa shape index (κ3) is 3.48. The van der Waals surface area contributed by atoms with Crippen molar-refractivity contribution in [1.29, 1.82) is 0 Å². The fourth-order valence-corrected chi connectivity index (χ4v) is 2.30. The summed E-state index contributed by atoms with van der Waals surface area (Å²) in [5.41, 5.74) is 0.678. The zero-order chi connectivity index (χ0) is 16.2. The Morgan fingerprint density at radius 2 is 1.70 bits per heavy atom. The first-order valence-corrected chi connectivity index (χ1v) is 7.34.